The lowest BCUT2D eigenvalue weighted by atomic mass is 9.98. The van der Waals surface area contributed by atoms with Crippen LogP contribution in [0, 0.1) is 5.92 Å². The minimum atomic E-state index is -0.675. The Labute approximate surface area is 66.7 Å². The van der Waals surface area contributed by atoms with Crippen LogP contribution < -0.4 is 0 Å². The number of ether oxygens (including phenoxy) is 2. The van der Waals surface area contributed by atoms with Crippen LogP contribution in [0.25, 0.3) is 0 Å². The summed E-state index contributed by atoms with van der Waals surface area (Å²) in [6.07, 6.45) is 0. The van der Waals surface area contributed by atoms with Crippen LogP contribution in [0.15, 0.2) is 0 Å². The summed E-state index contributed by atoms with van der Waals surface area (Å²) in [5.41, 5.74) is 0. The second kappa shape index (κ2) is 2.91. The van der Waals surface area contributed by atoms with Crippen LogP contribution in [-0.4, -0.2) is 24.8 Å². The van der Waals surface area contributed by atoms with E-state index in [0.29, 0.717) is 13.2 Å². The van der Waals surface area contributed by atoms with Crippen LogP contribution in [0.4, 0.5) is 0 Å². The topological polar surface area (TPSA) is 35.5 Å². The molecule has 0 aliphatic carbocycles. The van der Waals surface area contributed by atoms with E-state index >= 15 is 0 Å². The Balaban J connectivity index is 2.63. The molecule has 3 heteroatoms. The second-order valence-corrected chi connectivity index (χ2v) is 3.05. The molecular formula is C8H14O3. The van der Waals surface area contributed by atoms with Gasteiger partial charge in [0.2, 0.25) is 0 Å². The predicted molar refractivity (Wildman–Crippen MR) is 40.2 cm³/mol. The maximum absolute atomic E-state index is 11.0. The summed E-state index contributed by atoms with van der Waals surface area (Å²) in [6, 6.07) is 0. The first-order valence-corrected chi connectivity index (χ1v) is 3.84. The van der Waals surface area contributed by atoms with E-state index in [-0.39, 0.29) is 11.7 Å². The summed E-state index contributed by atoms with van der Waals surface area (Å²) in [7, 11) is 0. The van der Waals surface area contributed by atoms with Crippen molar-refractivity contribution in [1.82, 2.24) is 0 Å². The molecule has 0 radical (unpaired) electrons. The average molecular weight is 158 g/mol. The number of carbonyl (C=O) groups is 1. The zero-order valence-corrected chi connectivity index (χ0v) is 7.22. The molecule has 0 aromatic rings. The molecule has 1 unspecified atom stereocenters. The van der Waals surface area contributed by atoms with Gasteiger partial charge in [-0.3, -0.25) is 4.79 Å². The van der Waals surface area contributed by atoms with E-state index in [0.717, 1.165) is 0 Å². The number of Topliss-reactive ketones (excluding diaryl/α,β-unsaturated/α-hetero) is 1. The van der Waals surface area contributed by atoms with Gasteiger partial charge in [-0.25, -0.2) is 0 Å². The summed E-state index contributed by atoms with van der Waals surface area (Å²) < 4.78 is 10.6. The van der Waals surface area contributed by atoms with E-state index in [4.69, 9.17) is 9.47 Å². The maximum Gasteiger partial charge on any atom is 0.175 e. The SMILES string of the molecule is CC(=O)C(C)C1(C)OCCO1. The molecule has 1 rings (SSSR count). The van der Waals surface area contributed by atoms with Crippen molar-refractivity contribution in [2.45, 2.75) is 26.6 Å². The molecule has 11 heavy (non-hydrogen) atoms. The highest BCUT2D eigenvalue weighted by molar-refractivity contribution is 5.78. The summed E-state index contributed by atoms with van der Waals surface area (Å²) >= 11 is 0. The molecule has 0 bridgehead atoms. The minimum absolute atomic E-state index is 0.106. The van der Waals surface area contributed by atoms with Crippen molar-refractivity contribution in [2.75, 3.05) is 13.2 Å². The Morgan fingerprint density at radius 2 is 1.91 bits per heavy atom. The van der Waals surface area contributed by atoms with E-state index in [1.807, 2.05) is 13.8 Å². The van der Waals surface area contributed by atoms with Crippen molar-refractivity contribution < 1.29 is 14.3 Å². The summed E-state index contributed by atoms with van der Waals surface area (Å²) in [4.78, 5) is 11.0. The molecule has 0 saturated carbocycles. The Morgan fingerprint density at radius 3 is 2.27 bits per heavy atom. The molecule has 64 valence electrons. The third kappa shape index (κ3) is 1.60. The third-order valence-electron chi connectivity index (χ3n) is 2.26. The molecule has 0 spiro atoms. The fourth-order valence-corrected chi connectivity index (χ4v) is 1.15. The smallest absolute Gasteiger partial charge is 0.175 e. The molecule has 0 aromatic heterocycles. The third-order valence-corrected chi connectivity index (χ3v) is 2.26. The lowest BCUT2D eigenvalue weighted by Gasteiger charge is -2.27. The lowest BCUT2D eigenvalue weighted by molar-refractivity contribution is -0.181. The summed E-state index contributed by atoms with van der Waals surface area (Å²) in [5, 5.41) is 0. The average Bonchev–Trinajstić information content (AvgIpc) is 2.35. The number of carbonyl (C=O) groups excluding carboxylic acids is 1. The number of hydrogen-bond acceptors (Lipinski definition) is 3. The highest BCUT2D eigenvalue weighted by Crippen LogP contribution is 2.27. The number of hydrogen-bond donors (Lipinski definition) is 0. The van der Waals surface area contributed by atoms with Gasteiger partial charge in [0.25, 0.3) is 0 Å². The molecule has 1 aliphatic rings. The Hall–Kier alpha value is -0.410. The van der Waals surface area contributed by atoms with Gasteiger partial charge in [0.1, 0.15) is 5.78 Å². The standard InChI is InChI=1S/C8H14O3/c1-6(7(2)9)8(3)10-4-5-11-8/h6H,4-5H2,1-3H3. The molecule has 1 heterocycles. The first-order valence-electron chi connectivity index (χ1n) is 3.84. The van der Waals surface area contributed by atoms with Crippen molar-refractivity contribution in [3.05, 3.63) is 0 Å². The van der Waals surface area contributed by atoms with Gasteiger partial charge in [-0.05, 0) is 13.8 Å². The van der Waals surface area contributed by atoms with Crippen LogP contribution in [0.2, 0.25) is 0 Å². The van der Waals surface area contributed by atoms with Crippen LogP contribution in [-0.2, 0) is 14.3 Å². The highest BCUT2D eigenvalue weighted by atomic mass is 16.7. The normalized spacial score (nSPS) is 25.0. The minimum Gasteiger partial charge on any atom is -0.347 e. The molecule has 0 N–H and O–H groups in total. The fourth-order valence-electron chi connectivity index (χ4n) is 1.15. The molecule has 1 saturated heterocycles. The molecule has 1 fully saturated rings. The monoisotopic (exact) mass is 158 g/mol. The van der Waals surface area contributed by atoms with E-state index in [1.54, 1.807) is 6.92 Å². The molecule has 3 nitrogen and oxygen atoms in total. The van der Waals surface area contributed by atoms with E-state index in [1.165, 1.54) is 0 Å². The zero-order chi connectivity index (χ0) is 8.48. The van der Waals surface area contributed by atoms with Gasteiger partial charge in [-0.2, -0.15) is 0 Å². The van der Waals surface area contributed by atoms with Crippen molar-refractivity contribution in [2.24, 2.45) is 5.92 Å². The number of ketones is 1. The molecular weight excluding hydrogens is 144 g/mol. The van der Waals surface area contributed by atoms with Crippen molar-refractivity contribution in [1.29, 1.82) is 0 Å². The molecule has 0 amide bonds. The lowest BCUT2D eigenvalue weighted by Crippen LogP contribution is -2.37. The Morgan fingerprint density at radius 1 is 1.45 bits per heavy atom. The largest absolute Gasteiger partial charge is 0.347 e. The fraction of sp³-hybridized carbons (Fsp3) is 0.875. The summed E-state index contributed by atoms with van der Waals surface area (Å²) in [5.74, 6) is -0.745. The number of rotatable bonds is 2. The van der Waals surface area contributed by atoms with E-state index in [2.05, 4.69) is 0 Å². The van der Waals surface area contributed by atoms with Gasteiger partial charge in [0, 0.05) is 0 Å². The van der Waals surface area contributed by atoms with Gasteiger partial charge in [-0.1, -0.05) is 6.92 Å². The molecule has 1 atom stereocenters. The van der Waals surface area contributed by atoms with Crippen molar-refractivity contribution in [3.8, 4) is 0 Å². The van der Waals surface area contributed by atoms with Crippen LogP contribution >= 0.6 is 0 Å². The molecule has 1 aliphatic heterocycles. The van der Waals surface area contributed by atoms with E-state index < -0.39 is 5.79 Å². The first kappa shape index (κ1) is 8.68. The highest BCUT2D eigenvalue weighted by Gasteiger charge is 2.39. The van der Waals surface area contributed by atoms with Crippen molar-refractivity contribution >= 4 is 5.78 Å². The second-order valence-electron chi connectivity index (χ2n) is 3.05. The summed E-state index contributed by atoms with van der Waals surface area (Å²) in [6.45, 7) is 6.38. The predicted octanol–water partition coefficient (Wildman–Crippen LogP) is 0.974. The van der Waals surface area contributed by atoms with Crippen LogP contribution in [0.1, 0.15) is 20.8 Å². The van der Waals surface area contributed by atoms with Gasteiger partial charge < -0.3 is 9.47 Å². The molecule has 0 aromatic carbocycles. The quantitative estimate of drug-likeness (QED) is 0.600. The van der Waals surface area contributed by atoms with Gasteiger partial charge >= 0.3 is 0 Å². The van der Waals surface area contributed by atoms with Crippen molar-refractivity contribution in [3.63, 3.8) is 0 Å². The van der Waals surface area contributed by atoms with Gasteiger partial charge in [0.15, 0.2) is 5.79 Å². The van der Waals surface area contributed by atoms with Gasteiger partial charge in [-0.15, -0.1) is 0 Å². The van der Waals surface area contributed by atoms with Crippen LogP contribution in [0.3, 0.4) is 0 Å². The zero-order valence-electron chi connectivity index (χ0n) is 7.22. The maximum atomic E-state index is 11.0. The Bertz CT molecular complexity index is 159. The Kier molecular flexibility index (Phi) is 2.30. The van der Waals surface area contributed by atoms with E-state index in [9.17, 15) is 4.79 Å². The van der Waals surface area contributed by atoms with Crippen LogP contribution in [0.5, 0.6) is 0 Å². The van der Waals surface area contributed by atoms with Gasteiger partial charge in [0.05, 0.1) is 19.1 Å². The first-order chi connectivity index (χ1) is 5.06.